The molecule has 1 aromatic carbocycles. The first kappa shape index (κ1) is 16.6. The first-order chi connectivity index (χ1) is 10.7. The topological polar surface area (TPSA) is 73.3 Å². The van der Waals surface area contributed by atoms with Crippen molar-refractivity contribution in [3.05, 3.63) is 23.8 Å². The van der Waals surface area contributed by atoms with Crippen LogP contribution in [0, 0.1) is 0 Å². The van der Waals surface area contributed by atoms with Crippen LogP contribution in [0.5, 0.6) is 11.5 Å². The summed E-state index contributed by atoms with van der Waals surface area (Å²) < 4.78 is 11.2. The highest BCUT2D eigenvalue weighted by atomic mass is 32.2. The van der Waals surface area contributed by atoms with E-state index >= 15 is 0 Å². The van der Waals surface area contributed by atoms with Gasteiger partial charge >= 0.3 is 0 Å². The fraction of sp³-hybridized carbons (Fsp3) is 0.357. The number of methoxy groups -OCH3 is 2. The van der Waals surface area contributed by atoms with Crippen molar-refractivity contribution in [3.63, 3.8) is 0 Å². The summed E-state index contributed by atoms with van der Waals surface area (Å²) in [7, 11) is 3.07. The molecule has 1 N–H and O–H groups in total. The van der Waals surface area contributed by atoms with E-state index in [4.69, 9.17) is 9.47 Å². The van der Waals surface area contributed by atoms with Gasteiger partial charge in [0, 0.05) is 11.8 Å². The van der Waals surface area contributed by atoms with Crippen molar-refractivity contribution in [2.24, 2.45) is 0 Å². The van der Waals surface area contributed by atoms with Crippen LogP contribution in [-0.4, -0.2) is 36.1 Å². The van der Waals surface area contributed by atoms with Crippen LogP contribution in [0.2, 0.25) is 0 Å². The van der Waals surface area contributed by atoms with E-state index in [0.717, 1.165) is 16.5 Å². The van der Waals surface area contributed by atoms with Gasteiger partial charge < -0.3 is 9.47 Å². The Hall–Kier alpha value is -1.80. The number of ether oxygens (including phenoxy) is 2. The summed E-state index contributed by atoms with van der Waals surface area (Å²) in [6, 6.07) is 5.03. The number of thioether (sulfide) groups is 1. The average Bonchev–Trinajstić information content (AvgIpc) is 2.99. The highest BCUT2D eigenvalue weighted by molar-refractivity contribution is 8.01. The van der Waals surface area contributed by atoms with Gasteiger partial charge in [0.25, 0.3) is 5.91 Å². The predicted molar refractivity (Wildman–Crippen MR) is 88.4 cm³/mol. The molecule has 0 saturated carbocycles. The van der Waals surface area contributed by atoms with Crippen LogP contribution in [0.25, 0.3) is 0 Å². The maximum Gasteiger partial charge on any atom is 0.261 e. The Kier molecular flexibility index (Phi) is 6.02. The highest BCUT2D eigenvalue weighted by Crippen LogP contribution is 2.28. The molecule has 0 bridgehead atoms. The van der Waals surface area contributed by atoms with Crippen molar-refractivity contribution in [3.8, 4) is 11.5 Å². The Morgan fingerprint density at radius 1 is 1.32 bits per heavy atom. The van der Waals surface area contributed by atoms with E-state index in [0.29, 0.717) is 22.2 Å². The van der Waals surface area contributed by atoms with Crippen molar-refractivity contribution in [1.82, 2.24) is 10.2 Å². The number of anilines is 1. The van der Waals surface area contributed by atoms with Crippen LogP contribution in [0.3, 0.4) is 0 Å². The predicted octanol–water partition coefficient (Wildman–Crippen LogP) is 3.31. The Morgan fingerprint density at radius 2 is 2.14 bits per heavy atom. The van der Waals surface area contributed by atoms with Crippen molar-refractivity contribution in [2.75, 3.05) is 25.3 Å². The van der Waals surface area contributed by atoms with E-state index in [1.54, 1.807) is 37.1 Å². The zero-order chi connectivity index (χ0) is 15.9. The van der Waals surface area contributed by atoms with Crippen LogP contribution >= 0.6 is 23.1 Å². The number of hydrogen-bond donors (Lipinski definition) is 1. The van der Waals surface area contributed by atoms with E-state index < -0.39 is 0 Å². The number of amides is 1. The maximum atomic E-state index is 12.3. The monoisotopic (exact) mass is 339 g/mol. The van der Waals surface area contributed by atoms with Crippen molar-refractivity contribution in [1.29, 1.82) is 0 Å². The van der Waals surface area contributed by atoms with Crippen LogP contribution < -0.4 is 14.8 Å². The molecular weight excluding hydrogens is 322 g/mol. The minimum atomic E-state index is -0.289. The molecule has 8 heteroatoms. The van der Waals surface area contributed by atoms with Crippen molar-refractivity contribution in [2.45, 2.75) is 17.7 Å². The molecule has 6 nitrogen and oxygen atoms in total. The van der Waals surface area contributed by atoms with Crippen LogP contribution in [0.15, 0.2) is 22.5 Å². The van der Waals surface area contributed by atoms with Gasteiger partial charge in [-0.2, -0.15) is 0 Å². The summed E-state index contributed by atoms with van der Waals surface area (Å²) >= 11 is 2.99. The van der Waals surface area contributed by atoms with Gasteiger partial charge in [-0.25, -0.2) is 0 Å². The molecule has 0 saturated heterocycles. The summed E-state index contributed by atoms with van der Waals surface area (Å²) in [5, 5.41) is 11.2. The molecule has 0 unspecified atom stereocenters. The zero-order valence-corrected chi connectivity index (χ0v) is 14.2. The summed E-state index contributed by atoms with van der Waals surface area (Å²) in [6.45, 7) is 2.10. The Labute approximate surface area is 137 Å². The second-order valence-corrected chi connectivity index (χ2v) is 6.56. The molecule has 0 aliphatic rings. The lowest BCUT2D eigenvalue weighted by Gasteiger charge is -2.09. The number of nitrogens with one attached hydrogen (secondary N) is 1. The summed E-state index contributed by atoms with van der Waals surface area (Å²) in [5.74, 6) is 1.77. The Bertz CT molecular complexity index is 646. The van der Waals surface area contributed by atoms with Crippen molar-refractivity contribution >= 4 is 34.1 Å². The summed E-state index contributed by atoms with van der Waals surface area (Å²) in [5.41, 5.74) is 0.418. The van der Waals surface area contributed by atoms with Gasteiger partial charge in [0.1, 0.15) is 11.5 Å². The molecular formula is C14H17N3O3S2. The number of aromatic nitrogens is 2. The molecule has 1 heterocycles. The number of carbonyl (C=O) groups excluding carboxylic acids is 1. The van der Waals surface area contributed by atoms with Gasteiger partial charge in [0.15, 0.2) is 4.34 Å². The Morgan fingerprint density at radius 3 is 2.82 bits per heavy atom. The van der Waals surface area contributed by atoms with Gasteiger partial charge in [-0.3, -0.25) is 10.1 Å². The second kappa shape index (κ2) is 8.00. The van der Waals surface area contributed by atoms with Crippen LogP contribution in [0.4, 0.5) is 5.13 Å². The van der Waals surface area contributed by atoms with E-state index in [2.05, 4.69) is 22.4 Å². The van der Waals surface area contributed by atoms with E-state index in [9.17, 15) is 4.79 Å². The molecule has 0 radical (unpaired) electrons. The number of nitrogens with zero attached hydrogens (tertiary/aromatic N) is 2. The third-order valence-corrected chi connectivity index (χ3v) is 4.89. The van der Waals surface area contributed by atoms with Gasteiger partial charge in [0.2, 0.25) is 5.13 Å². The minimum Gasteiger partial charge on any atom is -0.497 e. The summed E-state index contributed by atoms with van der Waals surface area (Å²) in [6.07, 6.45) is 1.06. The molecule has 0 fully saturated rings. The van der Waals surface area contributed by atoms with Gasteiger partial charge in [-0.15, -0.1) is 10.2 Å². The van der Waals surface area contributed by atoms with E-state index in [1.807, 2.05) is 0 Å². The maximum absolute atomic E-state index is 12.3. The number of carbonyl (C=O) groups is 1. The Balaban J connectivity index is 2.10. The number of rotatable bonds is 7. The molecule has 22 heavy (non-hydrogen) atoms. The zero-order valence-electron chi connectivity index (χ0n) is 12.6. The third-order valence-electron chi connectivity index (χ3n) is 2.71. The highest BCUT2D eigenvalue weighted by Gasteiger charge is 2.15. The fourth-order valence-electron chi connectivity index (χ4n) is 1.66. The van der Waals surface area contributed by atoms with Gasteiger partial charge in [0.05, 0.1) is 19.8 Å². The standard InChI is InChI=1S/C14H17N3O3S2/c1-4-7-21-14-17-16-13(22-14)15-12(18)10-6-5-9(19-2)8-11(10)20-3/h5-6,8H,4,7H2,1-3H3,(H,15,16,18). The molecule has 0 aliphatic heterocycles. The molecule has 2 aromatic rings. The third kappa shape index (κ3) is 4.11. The quantitative estimate of drug-likeness (QED) is 0.616. The molecule has 118 valence electrons. The molecule has 1 aromatic heterocycles. The first-order valence-corrected chi connectivity index (χ1v) is 8.47. The largest absolute Gasteiger partial charge is 0.497 e. The number of hydrogen-bond acceptors (Lipinski definition) is 7. The smallest absolute Gasteiger partial charge is 0.261 e. The number of benzene rings is 1. The SMILES string of the molecule is CCCSc1nnc(NC(=O)c2ccc(OC)cc2OC)s1. The normalized spacial score (nSPS) is 10.3. The average molecular weight is 339 g/mol. The molecule has 0 aliphatic carbocycles. The van der Waals surface area contributed by atoms with E-state index in [1.165, 1.54) is 18.4 Å². The van der Waals surface area contributed by atoms with Gasteiger partial charge in [-0.1, -0.05) is 30.0 Å². The lowest BCUT2D eigenvalue weighted by atomic mass is 10.2. The molecule has 1 amide bonds. The lowest BCUT2D eigenvalue weighted by molar-refractivity contribution is 0.102. The van der Waals surface area contributed by atoms with Crippen LogP contribution in [-0.2, 0) is 0 Å². The lowest BCUT2D eigenvalue weighted by Crippen LogP contribution is -2.13. The molecule has 2 rings (SSSR count). The van der Waals surface area contributed by atoms with Crippen molar-refractivity contribution < 1.29 is 14.3 Å². The van der Waals surface area contributed by atoms with E-state index in [-0.39, 0.29) is 5.91 Å². The fourth-order valence-corrected chi connectivity index (χ4v) is 3.33. The second-order valence-electron chi connectivity index (χ2n) is 4.24. The van der Waals surface area contributed by atoms with Crippen LogP contribution in [0.1, 0.15) is 23.7 Å². The van der Waals surface area contributed by atoms with Gasteiger partial charge in [-0.05, 0) is 18.6 Å². The molecule has 0 atom stereocenters. The summed E-state index contributed by atoms with van der Waals surface area (Å²) in [4.78, 5) is 12.3. The first-order valence-electron chi connectivity index (χ1n) is 6.67. The minimum absolute atomic E-state index is 0.289. The molecule has 0 spiro atoms.